The molecule has 0 bridgehead atoms. The number of rotatable bonds is 6. The molecule has 1 heterocycles. The number of alkyl halides is 3. The van der Waals surface area contributed by atoms with Gasteiger partial charge in [-0.15, -0.1) is 0 Å². The van der Waals surface area contributed by atoms with Gasteiger partial charge in [0.25, 0.3) is 0 Å². The molecule has 0 fully saturated rings. The van der Waals surface area contributed by atoms with Crippen LogP contribution in [-0.4, -0.2) is 32.6 Å². The quantitative estimate of drug-likeness (QED) is 0.495. The van der Waals surface area contributed by atoms with Crippen molar-refractivity contribution < 1.29 is 26.4 Å². The van der Waals surface area contributed by atoms with Gasteiger partial charge in [0.15, 0.2) is 15.9 Å². The van der Waals surface area contributed by atoms with Crippen molar-refractivity contribution in [3.8, 4) is 0 Å². The van der Waals surface area contributed by atoms with Crippen molar-refractivity contribution in [2.24, 2.45) is 0 Å². The molecule has 3 aromatic carbocycles. The lowest BCUT2D eigenvalue weighted by Crippen LogP contribution is -2.40. The van der Waals surface area contributed by atoms with Crippen molar-refractivity contribution in [2.75, 3.05) is 12.4 Å². The highest BCUT2D eigenvalue weighted by Crippen LogP contribution is 2.32. The number of anilines is 1. The molecule has 0 aromatic heterocycles. The first-order valence-corrected chi connectivity index (χ1v) is 12.5. The molecule has 3 aromatic rings. The van der Waals surface area contributed by atoms with Gasteiger partial charge in [0.2, 0.25) is 0 Å². The maximum absolute atomic E-state index is 13.4. The first-order chi connectivity index (χ1) is 16.5. The summed E-state index contributed by atoms with van der Waals surface area (Å²) in [5.74, 6) is -0.179. The first kappa shape index (κ1) is 24.7. The van der Waals surface area contributed by atoms with Crippen LogP contribution in [0.4, 0.5) is 23.7 Å². The number of hydrogen-bond acceptors (Lipinski definition) is 4. The van der Waals surface area contributed by atoms with Crippen LogP contribution in [0.3, 0.4) is 0 Å². The molecule has 4 rings (SSSR count). The lowest BCUT2D eigenvalue weighted by molar-refractivity contribution is -0.154. The van der Waals surface area contributed by atoms with Crippen LogP contribution >= 0.6 is 0 Å². The summed E-state index contributed by atoms with van der Waals surface area (Å²) in [6.45, 7) is 1.60. The fourth-order valence-electron chi connectivity index (χ4n) is 4.05. The standard InChI is InChI=1S/C25H24F3N3O3S/c1-31-14-19-8-7-17(13-20(19)15-31)16-35(33,34)22-11-9-21(10-12-22)29-24(32)30-23(25(26,27)28)18-5-3-2-4-6-18/h2-13,23H,14-16H2,1H3,(H2,29,30,32). The van der Waals surface area contributed by atoms with E-state index in [0.717, 1.165) is 18.7 Å². The number of benzene rings is 3. The molecule has 0 saturated carbocycles. The Labute approximate surface area is 201 Å². The van der Waals surface area contributed by atoms with Crippen LogP contribution in [-0.2, 0) is 28.7 Å². The van der Waals surface area contributed by atoms with Crippen molar-refractivity contribution >= 4 is 21.6 Å². The molecule has 35 heavy (non-hydrogen) atoms. The third-order valence-electron chi connectivity index (χ3n) is 5.71. The molecule has 0 spiro atoms. The monoisotopic (exact) mass is 503 g/mol. The van der Waals surface area contributed by atoms with E-state index in [2.05, 4.69) is 10.2 Å². The van der Waals surface area contributed by atoms with Crippen LogP contribution in [0.15, 0.2) is 77.7 Å². The highest BCUT2D eigenvalue weighted by molar-refractivity contribution is 7.90. The van der Waals surface area contributed by atoms with Crippen molar-refractivity contribution in [1.82, 2.24) is 10.2 Å². The molecule has 1 atom stereocenters. The van der Waals surface area contributed by atoms with Gasteiger partial charge in [-0.05, 0) is 53.6 Å². The highest BCUT2D eigenvalue weighted by atomic mass is 32.2. The van der Waals surface area contributed by atoms with E-state index in [9.17, 15) is 26.4 Å². The van der Waals surface area contributed by atoms with Gasteiger partial charge in [0.1, 0.15) is 0 Å². The molecular formula is C25H24F3N3O3S. The number of halogens is 3. The summed E-state index contributed by atoms with van der Waals surface area (Å²) >= 11 is 0. The summed E-state index contributed by atoms with van der Waals surface area (Å²) in [5.41, 5.74) is 3.03. The Morgan fingerprint density at radius 2 is 1.63 bits per heavy atom. The SMILES string of the molecule is CN1Cc2ccc(CS(=O)(=O)c3ccc(NC(=O)NC(c4ccccc4)C(F)(F)F)cc3)cc2C1. The maximum atomic E-state index is 13.4. The average Bonchev–Trinajstić information content (AvgIpc) is 3.16. The molecule has 0 aliphatic carbocycles. The van der Waals surface area contributed by atoms with E-state index in [0.29, 0.717) is 5.56 Å². The minimum atomic E-state index is -4.69. The van der Waals surface area contributed by atoms with Crippen molar-refractivity contribution in [1.29, 1.82) is 0 Å². The van der Waals surface area contributed by atoms with Crippen molar-refractivity contribution in [3.63, 3.8) is 0 Å². The third-order valence-corrected chi connectivity index (χ3v) is 7.42. The van der Waals surface area contributed by atoms with Crippen LogP contribution < -0.4 is 10.6 Å². The second kappa shape index (κ2) is 9.71. The smallest absolute Gasteiger partial charge is 0.322 e. The summed E-state index contributed by atoms with van der Waals surface area (Å²) in [4.78, 5) is 14.4. The highest BCUT2D eigenvalue weighted by Gasteiger charge is 2.41. The molecule has 2 amide bonds. The number of hydrogen-bond donors (Lipinski definition) is 2. The molecule has 6 nitrogen and oxygen atoms in total. The third kappa shape index (κ3) is 6.01. The Bertz CT molecular complexity index is 1310. The van der Waals surface area contributed by atoms with E-state index in [1.165, 1.54) is 54.1 Å². The topological polar surface area (TPSA) is 78.5 Å². The van der Waals surface area contributed by atoms with E-state index in [1.54, 1.807) is 12.1 Å². The Balaban J connectivity index is 1.42. The molecule has 10 heteroatoms. The number of nitrogens with zero attached hydrogens (tertiary/aromatic N) is 1. The normalized spacial score (nSPS) is 14.9. The van der Waals surface area contributed by atoms with E-state index >= 15 is 0 Å². The zero-order valence-electron chi connectivity index (χ0n) is 18.8. The predicted molar refractivity (Wildman–Crippen MR) is 126 cm³/mol. The van der Waals surface area contributed by atoms with Crippen LogP contribution in [0.2, 0.25) is 0 Å². The van der Waals surface area contributed by atoms with E-state index in [-0.39, 0.29) is 21.9 Å². The van der Waals surface area contributed by atoms with Crippen molar-refractivity contribution in [3.05, 3.63) is 95.1 Å². The maximum Gasteiger partial charge on any atom is 0.412 e. The lowest BCUT2D eigenvalue weighted by Gasteiger charge is -2.22. The molecule has 1 aliphatic heterocycles. The van der Waals surface area contributed by atoms with E-state index in [4.69, 9.17) is 0 Å². The summed E-state index contributed by atoms with van der Waals surface area (Å²) < 4.78 is 66.1. The lowest BCUT2D eigenvalue weighted by atomic mass is 10.1. The zero-order chi connectivity index (χ0) is 25.2. The Morgan fingerprint density at radius 3 is 2.29 bits per heavy atom. The zero-order valence-corrected chi connectivity index (χ0v) is 19.7. The number of sulfone groups is 1. The first-order valence-electron chi connectivity index (χ1n) is 10.8. The van der Waals surface area contributed by atoms with Gasteiger partial charge in [0, 0.05) is 18.8 Å². The Kier molecular flexibility index (Phi) is 6.86. The molecule has 2 N–H and O–H groups in total. The van der Waals surface area contributed by atoms with Gasteiger partial charge >= 0.3 is 12.2 Å². The minimum Gasteiger partial charge on any atom is -0.322 e. The molecule has 0 saturated heterocycles. The average molecular weight is 504 g/mol. The number of carbonyl (C=O) groups is 1. The Morgan fingerprint density at radius 1 is 0.971 bits per heavy atom. The second-order valence-electron chi connectivity index (χ2n) is 8.54. The number of amides is 2. The number of carbonyl (C=O) groups excluding carboxylic acids is 1. The van der Waals surface area contributed by atoms with Crippen LogP contribution in [0.5, 0.6) is 0 Å². The van der Waals surface area contributed by atoms with Gasteiger partial charge in [-0.2, -0.15) is 13.2 Å². The molecule has 1 unspecified atom stereocenters. The molecular weight excluding hydrogens is 479 g/mol. The summed E-state index contributed by atoms with van der Waals surface area (Å²) in [7, 11) is -1.66. The van der Waals surface area contributed by atoms with Crippen LogP contribution in [0, 0.1) is 0 Å². The van der Waals surface area contributed by atoms with E-state index < -0.39 is 28.1 Å². The number of nitrogens with one attached hydrogen (secondary N) is 2. The van der Waals surface area contributed by atoms with E-state index in [1.807, 2.05) is 24.5 Å². The van der Waals surface area contributed by atoms with Crippen molar-refractivity contribution in [2.45, 2.75) is 36.0 Å². The van der Waals surface area contributed by atoms with Gasteiger partial charge < -0.3 is 10.6 Å². The van der Waals surface area contributed by atoms with Gasteiger partial charge in [0.05, 0.1) is 10.6 Å². The largest absolute Gasteiger partial charge is 0.412 e. The summed E-state index contributed by atoms with van der Waals surface area (Å²) in [6.07, 6.45) is -4.69. The molecule has 184 valence electrons. The number of urea groups is 1. The van der Waals surface area contributed by atoms with Gasteiger partial charge in [-0.1, -0.05) is 48.5 Å². The van der Waals surface area contributed by atoms with Gasteiger partial charge in [-0.25, -0.2) is 13.2 Å². The summed E-state index contributed by atoms with van der Waals surface area (Å²) in [6, 6.07) is 14.8. The molecule has 0 radical (unpaired) electrons. The van der Waals surface area contributed by atoms with Crippen LogP contribution in [0.25, 0.3) is 0 Å². The predicted octanol–water partition coefficient (Wildman–Crippen LogP) is 5.03. The van der Waals surface area contributed by atoms with Gasteiger partial charge in [-0.3, -0.25) is 4.90 Å². The second-order valence-corrected chi connectivity index (χ2v) is 10.5. The Hall–Kier alpha value is -3.37. The number of fused-ring (bicyclic) bond motifs is 1. The summed E-state index contributed by atoms with van der Waals surface area (Å²) in [5, 5.41) is 4.25. The fraction of sp³-hybridized carbons (Fsp3) is 0.240. The fourth-order valence-corrected chi connectivity index (χ4v) is 5.39. The van der Waals surface area contributed by atoms with Crippen LogP contribution in [0.1, 0.15) is 28.3 Å². The molecule has 1 aliphatic rings. The minimum absolute atomic E-state index is 0.0542.